The zero-order valence-electron chi connectivity index (χ0n) is 14.7. The fraction of sp³-hybridized carbons (Fsp3) is 0.389. The first-order valence-corrected chi connectivity index (χ1v) is 8.02. The molecular weight excluding hydrogens is 323 g/mol. The van der Waals surface area contributed by atoms with E-state index in [1.54, 1.807) is 19.1 Å². The Bertz CT molecular complexity index is 711. The van der Waals surface area contributed by atoms with Gasteiger partial charge < -0.3 is 10.4 Å². The maximum Gasteiger partial charge on any atom is 0.320 e. The number of carbonyl (C=O) groups excluding carboxylic acids is 1. The molecule has 0 spiro atoms. The molecule has 2 rings (SSSR count). The molecule has 1 aromatic carbocycles. The van der Waals surface area contributed by atoms with E-state index < -0.39 is 18.2 Å². The fourth-order valence-corrected chi connectivity index (χ4v) is 2.19. The predicted octanol–water partition coefficient (Wildman–Crippen LogP) is 3.16. The second-order valence-corrected chi connectivity index (χ2v) is 6.94. The monoisotopic (exact) mass is 346 g/mol. The van der Waals surface area contributed by atoms with Crippen molar-refractivity contribution >= 4 is 11.8 Å². The third-order valence-electron chi connectivity index (χ3n) is 3.72. The molecule has 2 amide bonds. The molecule has 0 radical (unpaired) electrons. The van der Waals surface area contributed by atoms with Gasteiger partial charge in [-0.15, -0.1) is 5.10 Å². The quantitative estimate of drug-likeness (QED) is 0.794. The van der Waals surface area contributed by atoms with Crippen LogP contribution in [0.25, 0.3) is 0 Å². The number of carbonyl (C=O) groups is 1. The molecule has 6 nitrogen and oxygen atoms in total. The number of nitrogens with zero attached hydrogens (tertiary/aromatic N) is 2. The third kappa shape index (κ3) is 5.22. The number of benzene rings is 1. The summed E-state index contributed by atoms with van der Waals surface area (Å²) in [5, 5.41) is 23.5. The van der Waals surface area contributed by atoms with Crippen LogP contribution in [0.1, 0.15) is 45.1 Å². The van der Waals surface area contributed by atoms with Gasteiger partial charge in [0.2, 0.25) is 0 Å². The van der Waals surface area contributed by atoms with Gasteiger partial charge in [0.15, 0.2) is 5.82 Å². The Hall–Kier alpha value is -2.54. The molecule has 7 heteroatoms. The summed E-state index contributed by atoms with van der Waals surface area (Å²) < 4.78 is 12.9. The van der Waals surface area contributed by atoms with Gasteiger partial charge in [-0.25, -0.2) is 9.18 Å². The largest absolute Gasteiger partial charge is 0.386 e. The lowest BCUT2D eigenvalue weighted by molar-refractivity contribution is 0.139. The van der Waals surface area contributed by atoms with E-state index in [0.29, 0.717) is 11.4 Å². The number of hydrogen-bond donors (Lipinski definition) is 3. The van der Waals surface area contributed by atoms with E-state index in [-0.39, 0.29) is 11.2 Å². The lowest BCUT2D eigenvalue weighted by atomic mass is 9.92. The van der Waals surface area contributed by atoms with E-state index in [0.717, 1.165) is 5.69 Å². The van der Waals surface area contributed by atoms with Crippen LogP contribution in [0.15, 0.2) is 36.4 Å². The normalized spacial score (nSPS) is 13.8. The van der Waals surface area contributed by atoms with Crippen LogP contribution in [0.4, 0.5) is 15.0 Å². The SMILES string of the molecule is CC(NC(=O)Nc1ccc(C(C)(C)C)nn1)C(O)c1ccc(F)cc1. The number of hydrogen-bond acceptors (Lipinski definition) is 4. The second kappa shape index (κ2) is 7.57. The maximum absolute atomic E-state index is 12.9. The summed E-state index contributed by atoms with van der Waals surface area (Å²) in [7, 11) is 0. The molecule has 25 heavy (non-hydrogen) atoms. The van der Waals surface area contributed by atoms with Crippen molar-refractivity contribution in [3.63, 3.8) is 0 Å². The number of halogens is 1. The van der Waals surface area contributed by atoms with Crippen LogP contribution in [0.3, 0.4) is 0 Å². The maximum atomic E-state index is 12.9. The minimum atomic E-state index is -0.958. The molecule has 0 aliphatic carbocycles. The zero-order chi connectivity index (χ0) is 18.6. The molecule has 0 bridgehead atoms. The van der Waals surface area contributed by atoms with Gasteiger partial charge in [0.05, 0.1) is 17.8 Å². The molecule has 3 N–H and O–H groups in total. The summed E-state index contributed by atoms with van der Waals surface area (Å²) in [5.41, 5.74) is 1.21. The van der Waals surface area contributed by atoms with Crippen LogP contribution >= 0.6 is 0 Å². The van der Waals surface area contributed by atoms with Crippen LogP contribution in [0.2, 0.25) is 0 Å². The smallest absolute Gasteiger partial charge is 0.320 e. The highest BCUT2D eigenvalue weighted by Crippen LogP contribution is 2.20. The molecule has 1 aromatic heterocycles. The third-order valence-corrected chi connectivity index (χ3v) is 3.72. The van der Waals surface area contributed by atoms with E-state index in [1.807, 2.05) is 20.8 Å². The minimum Gasteiger partial charge on any atom is -0.386 e. The highest BCUT2D eigenvalue weighted by atomic mass is 19.1. The van der Waals surface area contributed by atoms with Crippen LogP contribution in [-0.4, -0.2) is 27.4 Å². The van der Waals surface area contributed by atoms with Crippen molar-refractivity contribution < 1.29 is 14.3 Å². The van der Waals surface area contributed by atoms with Crippen LogP contribution in [-0.2, 0) is 5.41 Å². The number of urea groups is 1. The number of nitrogens with one attached hydrogen (secondary N) is 2. The number of amides is 2. The topological polar surface area (TPSA) is 87.1 Å². The average molecular weight is 346 g/mol. The molecule has 2 unspecified atom stereocenters. The van der Waals surface area contributed by atoms with E-state index in [1.165, 1.54) is 24.3 Å². The molecule has 2 atom stereocenters. The molecular formula is C18H23FN4O2. The van der Waals surface area contributed by atoms with E-state index in [2.05, 4.69) is 20.8 Å². The Morgan fingerprint density at radius 1 is 1.12 bits per heavy atom. The summed E-state index contributed by atoms with van der Waals surface area (Å²) in [4.78, 5) is 12.0. The highest BCUT2D eigenvalue weighted by molar-refractivity contribution is 5.88. The van der Waals surface area contributed by atoms with Crippen molar-refractivity contribution in [3.05, 3.63) is 53.5 Å². The molecule has 2 aromatic rings. The van der Waals surface area contributed by atoms with Gasteiger partial charge in [0.1, 0.15) is 5.82 Å². The molecule has 0 saturated carbocycles. The Balaban J connectivity index is 1.94. The summed E-state index contributed by atoms with van der Waals surface area (Å²) in [6.45, 7) is 7.72. The average Bonchev–Trinajstić information content (AvgIpc) is 2.54. The first-order chi connectivity index (χ1) is 11.7. The van der Waals surface area contributed by atoms with E-state index in [4.69, 9.17) is 0 Å². The first kappa shape index (κ1) is 18.8. The molecule has 1 heterocycles. The molecule has 0 fully saturated rings. The standard InChI is InChI=1S/C18H23FN4O2/c1-11(16(24)12-5-7-13(19)8-6-12)20-17(25)21-15-10-9-14(22-23-15)18(2,3)4/h5-11,16,24H,1-4H3,(H2,20,21,23,25). The number of aromatic nitrogens is 2. The van der Waals surface area contributed by atoms with Gasteiger partial charge in [-0.1, -0.05) is 32.9 Å². The van der Waals surface area contributed by atoms with Crippen molar-refractivity contribution in [3.8, 4) is 0 Å². The van der Waals surface area contributed by atoms with Crippen molar-refractivity contribution in [2.24, 2.45) is 0 Å². The lowest BCUT2D eigenvalue weighted by Crippen LogP contribution is -2.40. The molecule has 134 valence electrons. The molecule has 0 saturated heterocycles. The van der Waals surface area contributed by atoms with Crippen molar-refractivity contribution in [2.45, 2.75) is 45.3 Å². The van der Waals surface area contributed by atoms with Crippen molar-refractivity contribution in [1.82, 2.24) is 15.5 Å². The Morgan fingerprint density at radius 2 is 1.76 bits per heavy atom. The Kier molecular flexibility index (Phi) is 5.69. The Labute approximate surface area is 146 Å². The molecule has 0 aliphatic heterocycles. The fourth-order valence-electron chi connectivity index (χ4n) is 2.19. The first-order valence-electron chi connectivity index (χ1n) is 8.02. The Morgan fingerprint density at radius 3 is 2.28 bits per heavy atom. The van der Waals surface area contributed by atoms with E-state index in [9.17, 15) is 14.3 Å². The highest BCUT2D eigenvalue weighted by Gasteiger charge is 2.19. The van der Waals surface area contributed by atoms with Gasteiger partial charge in [-0.3, -0.25) is 5.32 Å². The zero-order valence-corrected chi connectivity index (χ0v) is 14.7. The van der Waals surface area contributed by atoms with Gasteiger partial charge in [0.25, 0.3) is 0 Å². The summed E-state index contributed by atoms with van der Waals surface area (Å²) in [6.07, 6.45) is -0.958. The predicted molar refractivity (Wildman–Crippen MR) is 93.7 cm³/mol. The van der Waals surface area contributed by atoms with Crippen molar-refractivity contribution in [1.29, 1.82) is 0 Å². The van der Waals surface area contributed by atoms with Crippen LogP contribution < -0.4 is 10.6 Å². The minimum absolute atomic E-state index is 0.123. The number of anilines is 1. The second-order valence-electron chi connectivity index (χ2n) is 6.94. The lowest BCUT2D eigenvalue weighted by Gasteiger charge is -2.21. The van der Waals surface area contributed by atoms with Gasteiger partial charge >= 0.3 is 6.03 Å². The summed E-state index contributed by atoms with van der Waals surface area (Å²) >= 11 is 0. The van der Waals surface area contributed by atoms with Crippen LogP contribution in [0.5, 0.6) is 0 Å². The van der Waals surface area contributed by atoms with Gasteiger partial charge in [-0.05, 0) is 36.8 Å². The summed E-state index contributed by atoms with van der Waals surface area (Å²) in [6, 6.07) is 7.88. The van der Waals surface area contributed by atoms with Crippen LogP contribution in [0, 0.1) is 5.82 Å². The van der Waals surface area contributed by atoms with Gasteiger partial charge in [-0.2, -0.15) is 5.10 Å². The van der Waals surface area contributed by atoms with E-state index >= 15 is 0 Å². The number of aliphatic hydroxyl groups excluding tert-OH is 1. The molecule has 0 aliphatic rings. The number of rotatable bonds is 4. The van der Waals surface area contributed by atoms with Gasteiger partial charge in [0, 0.05) is 5.41 Å². The van der Waals surface area contributed by atoms with Crippen molar-refractivity contribution in [2.75, 3.05) is 5.32 Å². The number of aliphatic hydroxyl groups is 1. The summed E-state index contributed by atoms with van der Waals surface area (Å²) in [5.74, 6) is -0.0689.